The second kappa shape index (κ2) is 7.90. The number of rotatable bonds is 6. The summed E-state index contributed by atoms with van der Waals surface area (Å²) in [5.41, 5.74) is 0.486. The molecule has 1 aromatic carbocycles. The lowest BCUT2D eigenvalue weighted by atomic mass is 9.81. The van der Waals surface area contributed by atoms with E-state index in [0.717, 1.165) is 25.7 Å². The Bertz CT molecular complexity index is 781. The molecule has 1 heterocycles. The largest absolute Gasteiger partial charge is 0.426 e. The highest BCUT2D eigenvalue weighted by Gasteiger charge is 2.66. The molecular weight excluding hydrogens is 490 g/mol. The van der Waals surface area contributed by atoms with E-state index in [1.165, 1.54) is 4.90 Å². The zero-order valence-corrected chi connectivity index (χ0v) is 18.8. The fourth-order valence-electron chi connectivity index (χ4n) is 4.99. The van der Waals surface area contributed by atoms with E-state index in [9.17, 15) is 14.4 Å². The van der Waals surface area contributed by atoms with Crippen LogP contribution in [0.25, 0.3) is 0 Å². The number of hydrogen-bond acceptors (Lipinski definition) is 4. The van der Waals surface area contributed by atoms with Crippen molar-refractivity contribution in [1.29, 1.82) is 0 Å². The van der Waals surface area contributed by atoms with Gasteiger partial charge in [-0.05, 0) is 36.8 Å². The average Bonchev–Trinajstić information content (AvgIpc) is 3.27. The minimum absolute atomic E-state index is 0.127. The van der Waals surface area contributed by atoms with Crippen LogP contribution in [0.4, 0.5) is 5.69 Å². The van der Waals surface area contributed by atoms with Gasteiger partial charge in [0.25, 0.3) is 0 Å². The normalized spacial score (nSPS) is 33.5. The number of unbranched alkanes of at least 4 members (excludes halogenated alkanes) is 2. The van der Waals surface area contributed by atoms with Crippen molar-refractivity contribution in [3.63, 3.8) is 0 Å². The van der Waals surface area contributed by atoms with Gasteiger partial charge in [0.05, 0.1) is 17.5 Å². The van der Waals surface area contributed by atoms with Crippen molar-refractivity contribution in [2.24, 2.45) is 23.7 Å². The van der Waals surface area contributed by atoms with Crippen molar-refractivity contribution in [2.75, 3.05) is 4.90 Å². The molecule has 2 saturated carbocycles. The molecule has 5 nitrogen and oxygen atoms in total. The Kier molecular flexibility index (Phi) is 5.67. The summed E-state index contributed by atoms with van der Waals surface area (Å²) in [5.74, 6) is -0.316. The maximum atomic E-state index is 13.1. The summed E-state index contributed by atoms with van der Waals surface area (Å²) in [7, 11) is 0. The topological polar surface area (TPSA) is 63.7 Å². The van der Waals surface area contributed by atoms with Gasteiger partial charge in [-0.2, -0.15) is 0 Å². The highest BCUT2D eigenvalue weighted by atomic mass is 79.9. The number of amides is 2. The minimum Gasteiger partial charge on any atom is -0.426 e. The van der Waals surface area contributed by atoms with Crippen molar-refractivity contribution in [3.05, 3.63) is 24.3 Å². The number of fused-ring (bicyclic) bond motifs is 5. The van der Waals surface area contributed by atoms with Crippen LogP contribution in [0.2, 0.25) is 0 Å². The number of carbonyl (C=O) groups is 3. The predicted molar refractivity (Wildman–Crippen MR) is 113 cm³/mol. The lowest BCUT2D eigenvalue weighted by Gasteiger charge is -2.28. The lowest BCUT2D eigenvalue weighted by molar-refractivity contribution is -0.134. The van der Waals surface area contributed by atoms with E-state index >= 15 is 0 Å². The molecule has 2 bridgehead atoms. The molecule has 6 atom stereocenters. The maximum Gasteiger partial charge on any atom is 0.311 e. The van der Waals surface area contributed by atoms with Crippen molar-refractivity contribution in [2.45, 2.75) is 48.7 Å². The van der Waals surface area contributed by atoms with E-state index in [1.54, 1.807) is 24.3 Å². The average molecular weight is 513 g/mol. The van der Waals surface area contributed by atoms with Gasteiger partial charge < -0.3 is 4.74 Å². The second-order valence-corrected chi connectivity index (χ2v) is 10.1. The first-order valence-corrected chi connectivity index (χ1v) is 11.7. The molecule has 2 aliphatic carbocycles. The number of imide groups is 1. The van der Waals surface area contributed by atoms with E-state index in [2.05, 4.69) is 38.8 Å². The van der Waals surface area contributed by atoms with Crippen molar-refractivity contribution in [1.82, 2.24) is 0 Å². The van der Waals surface area contributed by atoms with Crippen LogP contribution in [0, 0.1) is 23.7 Å². The number of carbonyl (C=O) groups excluding carboxylic acids is 3. The van der Waals surface area contributed by atoms with Gasteiger partial charge in [-0.3, -0.25) is 14.4 Å². The Morgan fingerprint density at radius 1 is 1.11 bits per heavy atom. The van der Waals surface area contributed by atoms with Gasteiger partial charge in [0, 0.05) is 22.1 Å². The molecule has 2 amide bonds. The van der Waals surface area contributed by atoms with E-state index in [0.29, 0.717) is 17.9 Å². The van der Waals surface area contributed by atoms with Crippen LogP contribution < -0.4 is 9.64 Å². The van der Waals surface area contributed by atoms with Crippen molar-refractivity contribution < 1.29 is 19.1 Å². The number of ether oxygens (including phenoxy) is 1. The zero-order chi connectivity index (χ0) is 20.0. The predicted octanol–water partition coefficient (Wildman–Crippen LogP) is 4.45. The van der Waals surface area contributed by atoms with E-state index in [1.807, 2.05) is 0 Å². The van der Waals surface area contributed by atoms with E-state index in [-0.39, 0.29) is 51.1 Å². The standard InChI is InChI=1S/C21H23Br2NO4/c1-2-3-4-8-15(25)28-12-7-5-6-11(9-12)24-20(26)16-13-10-14(17(16)21(24)27)19(23)18(13)22/h5-7,9,13-14,16-19H,2-4,8,10H2,1H3/t13-,14+,16-,17-,18+,19-/m0/s1. The SMILES string of the molecule is CCCCCC(=O)Oc1cccc(N2C(=O)[C@H]3[C@@H]4C[C@@H]([C@H](Br)[C@@H]4Br)[C@@H]3C2=O)c1. The molecule has 28 heavy (non-hydrogen) atoms. The Labute approximate surface area is 181 Å². The molecule has 1 aliphatic heterocycles. The molecule has 3 fully saturated rings. The molecule has 1 saturated heterocycles. The zero-order valence-electron chi connectivity index (χ0n) is 15.6. The maximum absolute atomic E-state index is 13.1. The van der Waals surface area contributed by atoms with Crippen LogP contribution in [0.15, 0.2) is 24.3 Å². The number of halogens is 2. The number of anilines is 1. The summed E-state index contributed by atoms with van der Waals surface area (Å²) >= 11 is 7.40. The fourth-order valence-corrected chi connectivity index (χ4v) is 6.86. The Morgan fingerprint density at radius 3 is 2.36 bits per heavy atom. The van der Waals surface area contributed by atoms with Gasteiger partial charge in [0.15, 0.2) is 0 Å². The molecule has 0 spiro atoms. The molecule has 0 N–H and O–H groups in total. The van der Waals surface area contributed by atoms with Gasteiger partial charge in [-0.1, -0.05) is 57.7 Å². The van der Waals surface area contributed by atoms with Gasteiger partial charge in [-0.25, -0.2) is 4.90 Å². The first-order valence-electron chi connectivity index (χ1n) is 9.90. The van der Waals surface area contributed by atoms with E-state index < -0.39 is 0 Å². The molecule has 7 heteroatoms. The quantitative estimate of drug-likeness (QED) is 0.186. The molecule has 0 unspecified atom stereocenters. The van der Waals surface area contributed by atoms with Crippen LogP contribution in [0.1, 0.15) is 39.0 Å². The molecule has 1 aromatic rings. The van der Waals surface area contributed by atoms with Gasteiger partial charge in [-0.15, -0.1) is 0 Å². The van der Waals surface area contributed by atoms with Crippen LogP contribution in [0.5, 0.6) is 5.75 Å². The van der Waals surface area contributed by atoms with Crippen LogP contribution in [0.3, 0.4) is 0 Å². The van der Waals surface area contributed by atoms with Gasteiger partial charge in [0.2, 0.25) is 11.8 Å². The minimum atomic E-state index is -0.288. The third kappa shape index (κ3) is 3.24. The molecule has 3 aliphatic rings. The second-order valence-electron chi connectivity index (χ2n) is 7.94. The number of esters is 1. The summed E-state index contributed by atoms with van der Waals surface area (Å²) in [6, 6.07) is 6.74. The first-order chi connectivity index (χ1) is 13.4. The Hall–Kier alpha value is -1.21. The third-order valence-electron chi connectivity index (χ3n) is 6.28. The number of nitrogens with zero attached hydrogens (tertiary/aromatic N) is 1. The summed E-state index contributed by atoms with van der Waals surface area (Å²) in [6.45, 7) is 2.08. The highest BCUT2D eigenvalue weighted by Crippen LogP contribution is 2.60. The molecule has 0 radical (unpaired) electrons. The smallest absolute Gasteiger partial charge is 0.311 e. The molecular formula is C21H23Br2NO4. The Balaban J connectivity index is 1.52. The van der Waals surface area contributed by atoms with Crippen molar-refractivity contribution in [3.8, 4) is 5.75 Å². The third-order valence-corrected chi connectivity index (χ3v) is 9.49. The fraction of sp³-hybridized carbons (Fsp3) is 0.571. The van der Waals surface area contributed by atoms with Crippen LogP contribution >= 0.6 is 31.9 Å². The molecule has 150 valence electrons. The number of hydrogen-bond donors (Lipinski definition) is 0. The summed E-state index contributed by atoms with van der Waals surface area (Å²) in [4.78, 5) is 39.9. The highest BCUT2D eigenvalue weighted by molar-refractivity contribution is 9.12. The Morgan fingerprint density at radius 2 is 1.75 bits per heavy atom. The summed E-state index contributed by atoms with van der Waals surface area (Å²) in [6.07, 6.45) is 4.09. The number of benzene rings is 1. The number of alkyl halides is 2. The van der Waals surface area contributed by atoms with Crippen LogP contribution in [-0.2, 0) is 14.4 Å². The van der Waals surface area contributed by atoms with Gasteiger partial charge >= 0.3 is 5.97 Å². The molecule has 4 rings (SSSR count). The van der Waals surface area contributed by atoms with Crippen LogP contribution in [-0.4, -0.2) is 27.4 Å². The summed E-state index contributed by atoms with van der Waals surface area (Å²) in [5, 5.41) is 0. The summed E-state index contributed by atoms with van der Waals surface area (Å²) < 4.78 is 5.41. The monoisotopic (exact) mass is 511 g/mol. The van der Waals surface area contributed by atoms with Crippen molar-refractivity contribution >= 4 is 55.3 Å². The lowest BCUT2D eigenvalue weighted by Crippen LogP contribution is -2.37. The molecule has 0 aromatic heterocycles. The van der Waals surface area contributed by atoms with E-state index in [4.69, 9.17) is 4.74 Å². The van der Waals surface area contributed by atoms with Gasteiger partial charge in [0.1, 0.15) is 5.75 Å². The first kappa shape index (κ1) is 20.1.